The van der Waals surface area contributed by atoms with E-state index in [9.17, 15) is 9.59 Å². The van der Waals surface area contributed by atoms with Crippen molar-refractivity contribution in [3.05, 3.63) is 0 Å². The van der Waals surface area contributed by atoms with Gasteiger partial charge in [0.25, 0.3) is 0 Å². The number of hydrogen-bond donors (Lipinski definition) is 1. The number of aldehydes is 1. The number of nitrogens with zero attached hydrogens (tertiary/aromatic N) is 1. The summed E-state index contributed by atoms with van der Waals surface area (Å²) in [6, 6.07) is -1.26. The lowest BCUT2D eigenvalue weighted by molar-refractivity contribution is -0.218. The molecule has 18 heavy (non-hydrogen) atoms. The Hall–Kier alpha value is -1.14. The molecule has 104 valence electrons. The van der Waals surface area contributed by atoms with Crippen LogP contribution >= 0.6 is 0 Å². The van der Waals surface area contributed by atoms with Gasteiger partial charge in [-0.25, -0.2) is 4.79 Å². The van der Waals surface area contributed by atoms with Crippen LogP contribution in [0.15, 0.2) is 0 Å². The van der Waals surface area contributed by atoms with Crippen molar-refractivity contribution in [1.29, 1.82) is 0 Å². The Morgan fingerprint density at radius 2 is 2.17 bits per heavy atom. The number of amides is 1. The molecule has 6 nitrogen and oxygen atoms in total. The number of carboxylic acid groups (broad SMARTS) is 1. The van der Waals surface area contributed by atoms with Gasteiger partial charge in [-0.2, -0.15) is 0 Å². The quantitative estimate of drug-likeness (QED) is 0.774. The molecule has 1 rings (SSSR count). The van der Waals surface area contributed by atoms with Crippen molar-refractivity contribution >= 4 is 12.4 Å². The molecular formula is C12H21NO5. The minimum Gasteiger partial charge on any atom is -0.465 e. The third-order valence-corrected chi connectivity index (χ3v) is 2.68. The second kappa shape index (κ2) is 5.67. The van der Waals surface area contributed by atoms with E-state index in [4.69, 9.17) is 14.6 Å². The largest absolute Gasteiger partial charge is 0.465 e. The number of carbonyl (C=O) groups excluding carboxylic acids is 1. The molecule has 1 heterocycles. The van der Waals surface area contributed by atoms with Gasteiger partial charge in [-0.1, -0.05) is 20.8 Å². The van der Waals surface area contributed by atoms with Crippen LogP contribution in [0.25, 0.3) is 0 Å². The number of morpholine rings is 1. The van der Waals surface area contributed by atoms with Crippen LogP contribution in [0.3, 0.4) is 0 Å². The minimum atomic E-state index is -1.13. The Morgan fingerprint density at radius 3 is 2.61 bits per heavy atom. The molecule has 0 bridgehead atoms. The summed E-state index contributed by atoms with van der Waals surface area (Å²) in [5, 5.41) is 9.11. The van der Waals surface area contributed by atoms with Crippen molar-refractivity contribution in [1.82, 2.24) is 4.90 Å². The van der Waals surface area contributed by atoms with E-state index in [0.717, 1.165) is 4.90 Å². The van der Waals surface area contributed by atoms with Crippen LogP contribution in [-0.2, 0) is 14.3 Å². The molecule has 0 unspecified atom stereocenters. The predicted octanol–water partition coefficient (Wildman–Crippen LogP) is 1.34. The maximum atomic E-state index is 11.1. The Bertz CT molecular complexity index is 312. The second-order valence-electron chi connectivity index (χ2n) is 5.71. The Morgan fingerprint density at radius 1 is 1.56 bits per heavy atom. The fourth-order valence-electron chi connectivity index (χ4n) is 1.79. The predicted molar refractivity (Wildman–Crippen MR) is 64.3 cm³/mol. The highest BCUT2D eigenvalue weighted by Gasteiger charge is 2.39. The molecule has 1 aliphatic rings. The van der Waals surface area contributed by atoms with Gasteiger partial charge in [0.1, 0.15) is 12.3 Å². The van der Waals surface area contributed by atoms with Gasteiger partial charge in [0, 0.05) is 0 Å². The van der Waals surface area contributed by atoms with Crippen LogP contribution in [0.1, 0.15) is 27.7 Å². The van der Waals surface area contributed by atoms with Crippen LogP contribution in [-0.4, -0.2) is 54.0 Å². The summed E-state index contributed by atoms with van der Waals surface area (Å²) in [5.74, 6) is 0. The van der Waals surface area contributed by atoms with Gasteiger partial charge < -0.3 is 19.4 Å². The molecule has 3 atom stereocenters. The molecule has 0 radical (unpaired) electrons. The molecule has 1 fully saturated rings. The molecule has 0 aliphatic carbocycles. The van der Waals surface area contributed by atoms with Crippen molar-refractivity contribution in [2.45, 2.75) is 46.1 Å². The fraction of sp³-hybridized carbons (Fsp3) is 0.833. The van der Waals surface area contributed by atoms with E-state index in [1.165, 1.54) is 0 Å². The Labute approximate surface area is 107 Å². The van der Waals surface area contributed by atoms with E-state index in [0.29, 0.717) is 12.9 Å². The first-order valence-corrected chi connectivity index (χ1v) is 5.96. The van der Waals surface area contributed by atoms with Crippen LogP contribution in [0, 0.1) is 5.41 Å². The first-order valence-electron chi connectivity index (χ1n) is 5.96. The molecular weight excluding hydrogens is 238 g/mol. The van der Waals surface area contributed by atoms with Crippen LogP contribution in [0.2, 0.25) is 0 Å². The molecule has 0 saturated carbocycles. The summed E-state index contributed by atoms with van der Waals surface area (Å²) >= 11 is 0. The summed E-state index contributed by atoms with van der Waals surface area (Å²) in [5.41, 5.74) is -0.0291. The fourth-order valence-corrected chi connectivity index (χ4v) is 1.79. The highest BCUT2D eigenvalue weighted by Crippen LogP contribution is 2.22. The van der Waals surface area contributed by atoms with E-state index in [1.54, 1.807) is 6.92 Å². The number of rotatable bonds is 3. The molecule has 6 heteroatoms. The van der Waals surface area contributed by atoms with Crippen molar-refractivity contribution in [2.24, 2.45) is 5.41 Å². The average molecular weight is 259 g/mol. The minimum absolute atomic E-state index is 0.0291. The third kappa shape index (κ3) is 3.68. The summed E-state index contributed by atoms with van der Waals surface area (Å²) in [4.78, 5) is 23.0. The van der Waals surface area contributed by atoms with E-state index in [2.05, 4.69) is 0 Å². The first kappa shape index (κ1) is 14.9. The molecule has 0 aromatic heterocycles. The Balaban J connectivity index is 2.68. The number of ether oxygens (including phenoxy) is 2. The lowest BCUT2D eigenvalue weighted by atomic mass is 9.98. The molecule has 1 N–H and O–H groups in total. The van der Waals surface area contributed by atoms with Gasteiger partial charge in [-0.05, 0) is 12.3 Å². The second-order valence-corrected chi connectivity index (χ2v) is 5.71. The standard InChI is InChI=1S/C12H21NO5/c1-8-10(18-7-12(2,3)4)17-6-9(5-14)13(8)11(15)16/h5,8-10H,6-7H2,1-4H3,(H,15,16)/t8-,9-,10-/m0/s1. The van der Waals surface area contributed by atoms with Crippen LogP contribution in [0.4, 0.5) is 4.79 Å². The summed E-state index contributed by atoms with van der Waals surface area (Å²) < 4.78 is 11.0. The SMILES string of the molecule is C[C@H]1[C@H](OCC(C)(C)C)OC[C@H](C=O)N1C(=O)O. The number of hydrogen-bond acceptors (Lipinski definition) is 4. The maximum Gasteiger partial charge on any atom is 0.408 e. The van der Waals surface area contributed by atoms with Gasteiger partial charge >= 0.3 is 6.09 Å². The third-order valence-electron chi connectivity index (χ3n) is 2.68. The summed E-state index contributed by atoms with van der Waals surface area (Å²) in [7, 11) is 0. The molecule has 0 aromatic carbocycles. The number of carbonyl (C=O) groups is 2. The molecule has 1 aliphatic heterocycles. The van der Waals surface area contributed by atoms with Gasteiger partial charge in [-0.3, -0.25) is 4.90 Å². The van der Waals surface area contributed by atoms with Crippen molar-refractivity contribution in [2.75, 3.05) is 13.2 Å². The van der Waals surface area contributed by atoms with Crippen LogP contribution in [0.5, 0.6) is 0 Å². The van der Waals surface area contributed by atoms with Gasteiger partial charge in [0.2, 0.25) is 0 Å². The lowest BCUT2D eigenvalue weighted by Gasteiger charge is -2.41. The van der Waals surface area contributed by atoms with E-state index >= 15 is 0 Å². The summed E-state index contributed by atoms with van der Waals surface area (Å²) in [6.45, 7) is 8.23. The van der Waals surface area contributed by atoms with Crippen molar-refractivity contribution in [3.63, 3.8) is 0 Å². The van der Waals surface area contributed by atoms with Gasteiger partial charge in [-0.15, -0.1) is 0 Å². The average Bonchev–Trinajstić information content (AvgIpc) is 2.25. The molecule has 1 saturated heterocycles. The van der Waals surface area contributed by atoms with Gasteiger partial charge in [0.05, 0.1) is 19.3 Å². The normalized spacial score (nSPS) is 29.1. The molecule has 1 amide bonds. The highest BCUT2D eigenvalue weighted by molar-refractivity contribution is 5.72. The van der Waals surface area contributed by atoms with E-state index < -0.39 is 24.5 Å². The van der Waals surface area contributed by atoms with Gasteiger partial charge in [0.15, 0.2) is 6.29 Å². The molecule has 0 spiro atoms. The summed E-state index contributed by atoms with van der Waals surface area (Å²) in [6.07, 6.45) is -1.17. The van der Waals surface area contributed by atoms with Crippen molar-refractivity contribution < 1.29 is 24.2 Å². The van der Waals surface area contributed by atoms with Crippen LogP contribution < -0.4 is 0 Å². The molecule has 0 aromatic rings. The van der Waals surface area contributed by atoms with E-state index in [-0.39, 0.29) is 12.0 Å². The Kier molecular flexibility index (Phi) is 4.70. The lowest BCUT2D eigenvalue weighted by Crippen LogP contribution is -2.58. The first-order chi connectivity index (χ1) is 8.26. The smallest absolute Gasteiger partial charge is 0.408 e. The maximum absolute atomic E-state index is 11.1. The zero-order valence-electron chi connectivity index (χ0n) is 11.3. The monoisotopic (exact) mass is 259 g/mol. The topological polar surface area (TPSA) is 76.1 Å². The highest BCUT2D eigenvalue weighted by atomic mass is 16.7. The zero-order chi connectivity index (χ0) is 13.9. The van der Waals surface area contributed by atoms with Crippen molar-refractivity contribution in [3.8, 4) is 0 Å². The van der Waals surface area contributed by atoms with E-state index in [1.807, 2.05) is 20.8 Å². The zero-order valence-corrected chi connectivity index (χ0v) is 11.3.